The minimum absolute atomic E-state index is 0.318. The van der Waals surface area contributed by atoms with Gasteiger partial charge in [0.1, 0.15) is 11.4 Å². The Balaban J connectivity index is 1.26. The maximum Gasteiger partial charge on any atom is 0.345 e. The molecule has 202 valence electrons. The fraction of sp³-hybridized carbons (Fsp3) is 0.212. The molecule has 0 atom stereocenters. The van der Waals surface area contributed by atoms with E-state index in [1.807, 2.05) is 24.3 Å². The average Bonchev–Trinajstić information content (AvgIpc) is 3.59. The zero-order valence-corrected chi connectivity index (χ0v) is 22.8. The first-order chi connectivity index (χ1) is 19.5. The number of ether oxygens (including phenoxy) is 3. The van der Waals surface area contributed by atoms with Crippen LogP contribution in [-0.4, -0.2) is 25.7 Å². The van der Waals surface area contributed by atoms with E-state index in [4.69, 9.17) is 14.2 Å². The normalized spacial score (nSPS) is 14.3. The van der Waals surface area contributed by atoms with Crippen LogP contribution in [0, 0.1) is 5.82 Å². The van der Waals surface area contributed by atoms with E-state index in [9.17, 15) is 14.0 Å². The second-order valence-corrected chi connectivity index (χ2v) is 11.9. The van der Waals surface area contributed by atoms with E-state index in [0.29, 0.717) is 29.7 Å². The molecule has 5 aromatic rings. The third-order valence-corrected chi connectivity index (χ3v) is 9.87. The molecule has 40 heavy (non-hydrogen) atoms. The molecule has 5 nitrogen and oxygen atoms in total. The van der Waals surface area contributed by atoms with Crippen molar-refractivity contribution in [2.24, 2.45) is 0 Å². The van der Waals surface area contributed by atoms with E-state index in [1.54, 1.807) is 37.4 Å². The standard InChI is InChI=1S/C33H28FO5S/c1-37-27-16-15-22(19-30(27)40-28-13-4-2-11-25(28)26-12-3-5-14-29(26)40)32(36)38-21-31(35)39-33(17-6-7-18-33)23-9-8-10-24(34)20-23/h2-5,8-16,19-20H,6-7,17-18,21H2,1H3/q+1. The zero-order valence-electron chi connectivity index (χ0n) is 22.0. The van der Waals surface area contributed by atoms with Gasteiger partial charge in [0.25, 0.3) is 0 Å². The highest BCUT2D eigenvalue weighted by atomic mass is 32.2. The summed E-state index contributed by atoms with van der Waals surface area (Å²) in [6.07, 6.45) is 2.94. The van der Waals surface area contributed by atoms with Gasteiger partial charge in [0, 0.05) is 27.3 Å². The van der Waals surface area contributed by atoms with Crippen molar-refractivity contribution in [3.8, 4) is 10.6 Å². The predicted molar refractivity (Wildman–Crippen MR) is 155 cm³/mol. The van der Waals surface area contributed by atoms with Crippen molar-refractivity contribution in [3.63, 3.8) is 0 Å². The molecule has 6 rings (SSSR count). The maximum absolute atomic E-state index is 13.9. The van der Waals surface area contributed by atoms with Gasteiger partial charge in [0.05, 0.1) is 12.7 Å². The topological polar surface area (TPSA) is 61.8 Å². The molecule has 0 unspecified atom stereocenters. The predicted octanol–water partition coefficient (Wildman–Crippen LogP) is 8.05. The molecule has 1 aliphatic carbocycles. The lowest BCUT2D eigenvalue weighted by Gasteiger charge is -2.29. The average molecular weight is 556 g/mol. The monoisotopic (exact) mass is 555 g/mol. The Hall–Kier alpha value is -4.23. The van der Waals surface area contributed by atoms with Gasteiger partial charge in [0.15, 0.2) is 21.8 Å². The molecule has 4 aromatic carbocycles. The first kappa shape index (κ1) is 26.0. The molecule has 0 aliphatic heterocycles. The minimum atomic E-state index is -0.900. The molecule has 0 N–H and O–H groups in total. The Kier molecular flexibility index (Phi) is 6.98. The van der Waals surface area contributed by atoms with Crippen LogP contribution in [0.15, 0.2) is 91.0 Å². The van der Waals surface area contributed by atoms with Gasteiger partial charge in [-0.05, 0) is 79.8 Å². The fourth-order valence-corrected chi connectivity index (χ4v) is 8.21. The summed E-state index contributed by atoms with van der Waals surface area (Å²) in [4.78, 5) is 26.8. The first-order valence-electron chi connectivity index (χ1n) is 13.2. The van der Waals surface area contributed by atoms with Gasteiger partial charge in [-0.15, -0.1) is 0 Å². The van der Waals surface area contributed by atoms with Crippen LogP contribution in [0.2, 0.25) is 0 Å². The largest absolute Gasteiger partial charge is 0.491 e. The van der Waals surface area contributed by atoms with Crippen LogP contribution < -0.4 is 4.74 Å². The first-order valence-corrected chi connectivity index (χ1v) is 14.5. The van der Waals surface area contributed by atoms with Crippen LogP contribution in [0.5, 0.6) is 5.75 Å². The molecule has 0 saturated heterocycles. The maximum atomic E-state index is 13.9. The number of thiophene rings is 1. The van der Waals surface area contributed by atoms with Crippen LogP contribution in [-0.2, 0) is 19.9 Å². The van der Waals surface area contributed by atoms with Gasteiger partial charge < -0.3 is 14.2 Å². The molecule has 1 aromatic heterocycles. The molecule has 0 radical (unpaired) electrons. The summed E-state index contributed by atoms with van der Waals surface area (Å²) in [6.45, 7) is -0.533. The van der Waals surface area contributed by atoms with Crippen LogP contribution >= 0.6 is 10.5 Å². The molecule has 1 aliphatic rings. The van der Waals surface area contributed by atoms with Gasteiger partial charge in [0.2, 0.25) is 4.90 Å². The van der Waals surface area contributed by atoms with Crippen LogP contribution in [0.4, 0.5) is 4.39 Å². The number of carbonyl (C=O) groups excluding carboxylic acids is 2. The molecule has 1 heterocycles. The lowest BCUT2D eigenvalue weighted by Crippen LogP contribution is -2.31. The lowest BCUT2D eigenvalue weighted by atomic mass is 9.92. The third-order valence-electron chi connectivity index (χ3n) is 7.52. The van der Waals surface area contributed by atoms with E-state index in [-0.39, 0.29) is 5.82 Å². The van der Waals surface area contributed by atoms with Gasteiger partial charge in [-0.25, -0.2) is 14.0 Å². The van der Waals surface area contributed by atoms with E-state index in [1.165, 1.54) is 22.9 Å². The Morgan fingerprint density at radius 1 is 0.850 bits per heavy atom. The van der Waals surface area contributed by atoms with E-state index >= 15 is 0 Å². The van der Waals surface area contributed by atoms with Crippen molar-refractivity contribution < 1.29 is 28.2 Å². The number of esters is 2. The van der Waals surface area contributed by atoms with E-state index in [0.717, 1.165) is 27.1 Å². The number of fused-ring (bicyclic) bond motifs is 3. The zero-order chi connectivity index (χ0) is 27.7. The van der Waals surface area contributed by atoms with Gasteiger partial charge in [-0.1, -0.05) is 36.4 Å². The Bertz CT molecular complexity index is 1680. The third kappa shape index (κ3) is 4.71. The number of carbonyl (C=O) groups is 2. The second kappa shape index (κ2) is 10.7. The Labute approximate surface area is 234 Å². The van der Waals surface area contributed by atoms with E-state index in [2.05, 4.69) is 24.3 Å². The summed E-state index contributed by atoms with van der Waals surface area (Å²) in [6, 6.07) is 27.9. The number of halogens is 1. The number of rotatable bonds is 7. The SMILES string of the molecule is COc1ccc(C(=O)OCC(=O)OC2(c3cccc(F)c3)CCCC2)cc1-[s+]1c2ccccc2c2ccccc21. The van der Waals surface area contributed by atoms with Crippen LogP contribution in [0.1, 0.15) is 41.6 Å². The number of hydrogen-bond acceptors (Lipinski definition) is 5. The lowest BCUT2D eigenvalue weighted by molar-refractivity contribution is -0.164. The summed E-state index contributed by atoms with van der Waals surface area (Å²) >= 11 is 0. The quantitative estimate of drug-likeness (QED) is 0.150. The Morgan fingerprint density at radius 2 is 1.52 bits per heavy atom. The molecule has 0 spiro atoms. The summed E-state index contributed by atoms with van der Waals surface area (Å²) in [5, 5.41) is 2.33. The van der Waals surface area contributed by atoms with Crippen molar-refractivity contribution in [1.82, 2.24) is 0 Å². The van der Waals surface area contributed by atoms with Gasteiger partial charge in [-0.2, -0.15) is 0 Å². The van der Waals surface area contributed by atoms with Crippen LogP contribution in [0.3, 0.4) is 0 Å². The van der Waals surface area contributed by atoms with Crippen molar-refractivity contribution in [1.29, 1.82) is 0 Å². The second-order valence-electron chi connectivity index (χ2n) is 9.93. The molecule has 0 amide bonds. The number of benzene rings is 4. The summed E-state index contributed by atoms with van der Waals surface area (Å²) in [5.41, 5.74) is 0.0461. The molecule has 1 fully saturated rings. The summed E-state index contributed by atoms with van der Waals surface area (Å²) in [7, 11) is 1.13. The minimum Gasteiger partial charge on any atom is -0.491 e. The number of methoxy groups -OCH3 is 1. The molecule has 0 bridgehead atoms. The smallest absolute Gasteiger partial charge is 0.345 e. The molecular weight excluding hydrogens is 527 g/mol. The van der Waals surface area contributed by atoms with Gasteiger partial charge in [-0.3, -0.25) is 0 Å². The summed E-state index contributed by atoms with van der Waals surface area (Å²) < 4.78 is 33.2. The highest BCUT2D eigenvalue weighted by Gasteiger charge is 2.40. The molecule has 7 heteroatoms. The van der Waals surface area contributed by atoms with Gasteiger partial charge >= 0.3 is 11.9 Å². The van der Waals surface area contributed by atoms with Crippen molar-refractivity contribution in [2.75, 3.05) is 13.7 Å². The van der Waals surface area contributed by atoms with Crippen molar-refractivity contribution in [2.45, 2.75) is 31.3 Å². The highest BCUT2D eigenvalue weighted by molar-refractivity contribution is 7.50. The molecular formula is C33H28FO5S+. The van der Waals surface area contributed by atoms with Crippen molar-refractivity contribution in [3.05, 3.63) is 108 Å². The Morgan fingerprint density at radius 3 is 2.17 bits per heavy atom. The fourth-order valence-electron chi connectivity index (χ4n) is 5.68. The highest BCUT2D eigenvalue weighted by Crippen LogP contribution is 2.51. The van der Waals surface area contributed by atoms with E-state index < -0.39 is 34.6 Å². The summed E-state index contributed by atoms with van der Waals surface area (Å²) in [5.74, 6) is -0.996. The molecule has 1 saturated carbocycles. The van der Waals surface area contributed by atoms with Crippen molar-refractivity contribution >= 4 is 42.6 Å². The van der Waals surface area contributed by atoms with Crippen LogP contribution in [0.25, 0.3) is 25.1 Å². The number of hydrogen-bond donors (Lipinski definition) is 0.